The van der Waals surface area contributed by atoms with E-state index in [0.29, 0.717) is 21.8 Å². The van der Waals surface area contributed by atoms with Crippen LogP contribution in [-0.2, 0) is 16.4 Å². The van der Waals surface area contributed by atoms with Crippen LogP contribution in [0.25, 0.3) is 10.9 Å². The molecule has 27 heavy (non-hydrogen) atoms. The number of amides is 1. The molecule has 0 saturated heterocycles. The number of fused-ring (bicyclic) bond motifs is 1. The zero-order valence-electron chi connectivity index (χ0n) is 14.5. The van der Waals surface area contributed by atoms with Gasteiger partial charge in [0.05, 0.1) is 0 Å². The predicted molar refractivity (Wildman–Crippen MR) is 109 cm³/mol. The highest BCUT2D eigenvalue weighted by Crippen LogP contribution is 2.29. The molecule has 2 aromatic carbocycles. The van der Waals surface area contributed by atoms with Crippen molar-refractivity contribution in [1.82, 2.24) is 9.71 Å². The molecular weight excluding hydrogens is 430 g/mol. The summed E-state index contributed by atoms with van der Waals surface area (Å²) in [5.41, 5.74) is 7.03. The first-order valence-electron chi connectivity index (χ1n) is 8.53. The van der Waals surface area contributed by atoms with Gasteiger partial charge in [-0.15, -0.1) is 0 Å². The lowest BCUT2D eigenvalue weighted by atomic mass is 10.1. The van der Waals surface area contributed by atoms with Gasteiger partial charge in [-0.2, -0.15) is 0 Å². The summed E-state index contributed by atoms with van der Waals surface area (Å²) < 4.78 is 28.9. The van der Waals surface area contributed by atoms with Crippen molar-refractivity contribution in [2.24, 2.45) is 5.73 Å². The molecule has 0 saturated carbocycles. The van der Waals surface area contributed by atoms with Gasteiger partial charge in [0.2, 0.25) is 10.0 Å². The quantitative estimate of drug-likeness (QED) is 0.459. The van der Waals surface area contributed by atoms with Crippen LogP contribution in [0, 0.1) is 0 Å². The van der Waals surface area contributed by atoms with Crippen LogP contribution in [-0.4, -0.2) is 25.9 Å². The molecule has 0 bridgehead atoms. The van der Waals surface area contributed by atoms with Crippen LogP contribution in [0.2, 0.25) is 0 Å². The van der Waals surface area contributed by atoms with Crippen LogP contribution in [0.15, 0.2) is 57.9 Å². The minimum absolute atomic E-state index is 0.102. The van der Waals surface area contributed by atoms with Gasteiger partial charge in [-0.3, -0.25) is 4.79 Å². The van der Waals surface area contributed by atoms with Gasteiger partial charge in [-0.1, -0.05) is 46.3 Å². The standard InChI is InChI=1S/C19H20BrN3O3S/c20-14-9-10-16-15(12-14)18(17(23-16)19(21)24)27(25,26)22-11-5-4-8-13-6-2-1-3-7-13/h1-3,6-7,9-10,12,22-23H,4-5,8,11H2,(H2,21,24). The van der Waals surface area contributed by atoms with Crippen molar-refractivity contribution in [3.05, 3.63) is 64.3 Å². The van der Waals surface area contributed by atoms with E-state index in [1.165, 1.54) is 5.56 Å². The second-order valence-corrected chi connectivity index (χ2v) is 8.84. The number of nitrogens with two attached hydrogens (primary N) is 1. The Morgan fingerprint density at radius 2 is 1.85 bits per heavy atom. The van der Waals surface area contributed by atoms with E-state index in [1.54, 1.807) is 18.2 Å². The van der Waals surface area contributed by atoms with Crippen molar-refractivity contribution in [2.75, 3.05) is 6.54 Å². The maximum absolute atomic E-state index is 12.8. The highest BCUT2D eigenvalue weighted by atomic mass is 79.9. The number of carbonyl (C=O) groups is 1. The van der Waals surface area contributed by atoms with Gasteiger partial charge in [0.25, 0.3) is 5.91 Å². The molecule has 0 atom stereocenters. The number of aryl methyl sites for hydroxylation is 1. The van der Waals surface area contributed by atoms with Crippen LogP contribution in [0.4, 0.5) is 0 Å². The molecule has 6 nitrogen and oxygen atoms in total. The number of nitrogens with one attached hydrogen (secondary N) is 2. The van der Waals surface area contributed by atoms with E-state index >= 15 is 0 Å². The van der Waals surface area contributed by atoms with Crippen molar-refractivity contribution in [3.63, 3.8) is 0 Å². The van der Waals surface area contributed by atoms with E-state index in [-0.39, 0.29) is 17.1 Å². The van der Waals surface area contributed by atoms with E-state index in [2.05, 4.69) is 25.6 Å². The summed E-state index contributed by atoms with van der Waals surface area (Å²) in [4.78, 5) is 14.4. The first-order chi connectivity index (χ1) is 12.9. The number of aromatic amines is 1. The average molecular weight is 450 g/mol. The van der Waals surface area contributed by atoms with E-state index in [9.17, 15) is 13.2 Å². The first-order valence-corrected chi connectivity index (χ1v) is 10.8. The number of benzene rings is 2. The summed E-state index contributed by atoms with van der Waals surface area (Å²) in [5, 5.41) is 0.426. The number of unbranched alkanes of at least 4 members (excludes halogenated alkanes) is 1. The summed E-state index contributed by atoms with van der Waals surface area (Å²) in [6.45, 7) is 0.286. The van der Waals surface area contributed by atoms with E-state index in [1.807, 2.05) is 30.3 Å². The van der Waals surface area contributed by atoms with Gasteiger partial charge in [0.1, 0.15) is 10.6 Å². The number of carbonyl (C=O) groups excluding carboxylic acids is 1. The van der Waals surface area contributed by atoms with Crippen LogP contribution < -0.4 is 10.5 Å². The summed E-state index contributed by atoms with van der Waals surface area (Å²) in [5.74, 6) is -0.813. The molecule has 0 unspecified atom stereocenters. The van der Waals surface area contributed by atoms with E-state index in [0.717, 1.165) is 12.8 Å². The molecule has 142 valence electrons. The lowest BCUT2D eigenvalue weighted by Gasteiger charge is -2.08. The summed E-state index contributed by atoms with van der Waals surface area (Å²) in [6, 6.07) is 15.1. The predicted octanol–water partition coefficient (Wildman–Crippen LogP) is 3.33. The van der Waals surface area contributed by atoms with E-state index in [4.69, 9.17) is 5.73 Å². The largest absolute Gasteiger partial charge is 0.364 e. The summed E-state index contributed by atoms with van der Waals surface area (Å²) in [6.07, 6.45) is 2.43. The van der Waals surface area contributed by atoms with Crippen molar-refractivity contribution >= 4 is 42.8 Å². The fraction of sp³-hybridized carbons (Fsp3) is 0.211. The number of sulfonamides is 1. The second-order valence-electron chi connectivity index (χ2n) is 6.22. The van der Waals surface area contributed by atoms with Gasteiger partial charge < -0.3 is 10.7 Å². The van der Waals surface area contributed by atoms with Gasteiger partial charge in [-0.25, -0.2) is 13.1 Å². The Hall–Kier alpha value is -2.16. The van der Waals surface area contributed by atoms with Crippen molar-refractivity contribution in [2.45, 2.75) is 24.2 Å². The Morgan fingerprint density at radius 3 is 2.56 bits per heavy atom. The van der Waals surface area contributed by atoms with Crippen molar-refractivity contribution in [3.8, 4) is 0 Å². The molecule has 4 N–H and O–H groups in total. The number of H-pyrrole nitrogens is 1. The second kappa shape index (κ2) is 8.24. The molecule has 0 aliphatic carbocycles. The fourth-order valence-corrected chi connectivity index (χ4v) is 4.77. The monoisotopic (exact) mass is 449 g/mol. The topological polar surface area (TPSA) is 105 Å². The molecule has 8 heteroatoms. The summed E-state index contributed by atoms with van der Waals surface area (Å²) >= 11 is 3.33. The molecular formula is C19H20BrN3O3S. The lowest BCUT2D eigenvalue weighted by Crippen LogP contribution is -2.27. The molecule has 0 spiro atoms. The minimum Gasteiger partial charge on any atom is -0.364 e. The van der Waals surface area contributed by atoms with Crippen LogP contribution in [0.1, 0.15) is 28.9 Å². The first kappa shape index (κ1) is 19.6. The maximum Gasteiger partial charge on any atom is 0.266 e. The third kappa shape index (κ3) is 4.58. The number of hydrogen-bond acceptors (Lipinski definition) is 3. The Balaban J connectivity index is 1.73. The smallest absolute Gasteiger partial charge is 0.266 e. The third-order valence-electron chi connectivity index (χ3n) is 4.26. The van der Waals surface area contributed by atoms with Crippen LogP contribution in [0.3, 0.4) is 0 Å². The van der Waals surface area contributed by atoms with Crippen LogP contribution in [0.5, 0.6) is 0 Å². The molecule has 1 heterocycles. The number of halogens is 1. The number of aromatic nitrogens is 1. The number of rotatable bonds is 8. The highest BCUT2D eigenvalue weighted by Gasteiger charge is 2.26. The van der Waals surface area contributed by atoms with Gasteiger partial charge >= 0.3 is 0 Å². The van der Waals surface area contributed by atoms with Gasteiger partial charge in [0.15, 0.2) is 0 Å². The fourth-order valence-electron chi connectivity index (χ4n) is 2.97. The Labute approximate surface area is 166 Å². The molecule has 0 aliphatic heterocycles. The molecule has 1 amide bonds. The molecule has 1 aromatic heterocycles. The SMILES string of the molecule is NC(=O)c1[nH]c2ccc(Br)cc2c1S(=O)(=O)NCCCCc1ccccc1. The summed E-state index contributed by atoms with van der Waals surface area (Å²) in [7, 11) is -3.88. The average Bonchev–Trinajstić information content (AvgIpc) is 3.02. The van der Waals surface area contributed by atoms with Crippen LogP contribution >= 0.6 is 15.9 Å². The molecule has 3 rings (SSSR count). The Morgan fingerprint density at radius 1 is 1.11 bits per heavy atom. The number of hydrogen-bond donors (Lipinski definition) is 3. The Kier molecular flexibility index (Phi) is 5.98. The number of primary amides is 1. The molecule has 0 aliphatic rings. The van der Waals surface area contributed by atoms with E-state index < -0.39 is 15.9 Å². The van der Waals surface area contributed by atoms with Crippen molar-refractivity contribution < 1.29 is 13.2 Å². The third-order valence-corrected chi connectivity index (χ3v) is 6.29. The Bertz CT molecular complexity index is 1060. The normalized spacial score (nSPS) is 11.7. The molecule has 0 radical (unpaired) electrons. The molecule has 3 aromatic rings. The highest BCUT2D eigenvalue weighted by molar-refractivity contribution is 9.10. The maximum atomic E-state index is 12.8. The van der Waals surface area contributed by atoms with Gasteiger partial charge in [-0.05, 0) is 43.0 Å². The zero-order chi connectivity index (χ0) is 19.4. The lowest BCUT2D eigenvalue weighted by molar-refractivity contribution is 0.0993. The molecule has 0 fully saturated rings. The van der Waals surface area contributed by atoms with Crippen molar-refractivity contribution in [1.29, 1.82) is 0 Å². The van der Waals surface area contributed by atoms with Gasteiger partial charge in [0, 0.05) is 21.9 Å². The zero-order valence-corrected chi connectivity index (χ0v) is 16.9. The minimum atomic E-state index is -3.88.